The molecule has 2 rings (SSSR count). The van der Waals surface area contributed by atoms with Gasteiger partial charge in [0.15, 0.2) is 9.34 Å². The fraction of sp³-hybridized carbons (Fsp3) is 0.100. The van der Waals surface area contributed by atoms with Crippen molar-refractivity contribution in [2.45, 2.75) is 11.1 Å². The molecule has 0 amide bonds. The van der Waals surface area contributed by atoms with E-state index < -0.39 is 15.8 Å². The summed E-state index contributed by atoms with van der Waals surface area (Å²) < 4.78 is 40.0. The molecule has 0 saturated carbocycles. The van der Waals surface area contributed by atoms with Gasteiger partial charge in [-0.15, -0.1) is 0 Å². The van der Waals surface area contributed by atoms with Crippen LogP contribution in [0.25, 0.3) is 0 Å². The predicted octanol–water partition coefficient (Wildman–Crippen LogP) is 2.74. The molecular weight excluding hydrogens is 357 g/mol. The first-order valence-electron chi connectivity index (χ1n) is 5.00. The van der Waals surface area contributed by atoms with E-state index in [2.05, 4.69) is 25.6 Å². The maximum Gasteiger partial charge on any atom is 0.273 e. The normalized spacial score (nSPS) is 11.5. The Kier molecular flexibility index (Phi) is 3.79. The summed E-state index contributed by atoms with van der Waals surface area (Å²) in [6.45, 7) is 1.56. The van der Waals surface area contributed by atoms with E-state index in [1.165, 1.54) is 12.1 Å². The van der Waals surface area contributed by atoms with Gasteiger partial charge < -0.3 is 5.73 Å². The number of nitrogens with one attached hydrogen (secondary N) is 1. The van der Waals surface area contributed by atoms with Crippen LogP contribution < -0.4 is 10.5 Å². The highest BCUT2D eigenvalue weighted by atomic mass is 79.9. The average molecular weight is 366 g/mol. The number of nitrogens with two attached hydrogens (primary N) is 1. The number of hydrogen-bond donors (Lipinski definition) is 2. The van der Waals surface area contributed by atoms with Gasteiger partial charge in [-0.3, -0.25) is 4.72 Å². The zero-order valence-corrected chi connectivity index (χ0v) is 12.9. The van der Waals surface area contributed by atoms with Crippen LogP contribution in [0.5, 0.6) is 0 Å². The first kappa shape index (κ1) is 14.2. The van der Waals surface area contributed by atoms with Crippen molar-refractivity contribution in [2.75, 3.05) is 10.5 Å². The van der Waals surface area contributed by atoms with E-state index in [0.29, 0.717) is 10.2 Å². The Balaban J connectivity index is 2.39. The highest BCUT2D eigenvalue weighted by molar-refractivity contribution is 9.10. The smallest absolute Gasteiger partial charge is 0.273 e. The van der Waals surface area contributed by atoms with Gasteiger partial charge in [-0.25, -0.2) is 17.8 Å². The Morgan fingerprint density at radius 1 is 1.47 bits per heavy atom. The van der Waals surface area contributed by atoms with E-state index >= 15 is 0 Å². The molecule has 1 heterocycles. The van der Waals surface area contributed by atoms with Crippen molar-refractivity contribution in [1.82, 2.24) is 4.98 Å². The summed E-state index contributed by atoms with van der Waals surface area (Å²) in [7, 11) is -3.78. The molecule has 102 valence electrons. The van der Waals surface area contributed by atoms with E-state index in [1.807, 2.05) is 0 Å². The summed E-state index contributed by atoms with van der Waals surface area (Å²) in [5.74, 6) is -0.465. The fourth-order valence-corrected chi connectivity index (χ4v) is 4.38. The summed E-state index contributed by atoms with van der Waals surface area (Å²) in [5.41, 5.74) is 6.05. The second kappa shape index (κ2) is 5.06. The van der Waals surface area contributed by atoms with Crippen molar-refractivity contribution >= 4 is 48.1 Å². The van der Waals surface area contributed by atoms with Crippen molar-refractivity contribution < 1.29 is 12.8 Å². The minimum absolute atomic E-state index is 0.0428. The summed E-state index contributed by atoms with van der Waals surface area (Å²) in [5, 5.41) is 0.177. The summed E-state index contributed by atoms with van der Waals surface area (Å²) in [6, 6.07) is 3.67. The molecule has 1 aromatic heterocycles. The van der Waals surface area contributed by atoms with Gasteiger partial charge in [-0.05, 0) is 41.1 Å². The summed E-state index contributed by atoms with van der Waals surface area (Å²) in [4.78, 5) is 3.86. The Morgan fingerprint density at radius 3 is 2.68 bits per heavy atom. The third kappa shape index (κ3) is 3.04. The molecule has 0 aliphatic rings. The predicted molar refractivity (Wildman–Crippen MR) is 76.2 cm³/mol. The van der Waals surface area contributed by atoms with Crippen molar-refractivity contribution in [3.63, 3.8) is 0 Å². The van der Waals surface area contributed by atoms with Crippen molar-refractivity contribution in [3.8, 4) is 0 Å². The van der Waals surface area contributed by atoms with Crippen LogP contribution >= 0.6 is 27.3 Å². The van der Waals surface area contributed by atoms with Gasteiger partial charge >= 0.3 is 0 Å². The minimum atomic E-state index is -3.78. The van der Waals surface area contributed by atoms with E-state index in [0.717, 1.165) is 17.4 Å². The first-order chi connectivity index (χ1) is 8.79. The van der Waals surface area contributed by atoms with E-state index in [4.69, 9.17) is 5.73 Å². The Bertz CT molecular complexity index is 730. The van der Waals surface area contributed by atoms with Gasteiger partial charge in [0.1, 0.15) is 5.82 Å². The Morgan fingerprint density at radius 2 is 2.16 bits per heavy atom. The van der Waals surface area contributed by atoms with Crippen LogP contribution in [-0.2, 0) is 10.0 Å². The second-order valence-corrected chi connectivity index (χ2v) is 7.42. The van der Waals surface area contributed by atoms with E-state index in [9.17, 15) is 12.8 Å². The molecular formula is C10H9BrFN3O2S2. The number of aromatic nitrogens is 1. The largest absolute Gasteiger partial charge is 0.375 e. The van der Waals surface area contributed by atoms with Crippen molar-refractivity contribution in [1.29, 1.82) is 0 Å². The number of nitrogen functional groups attached to an aromatic ring is 1. The third-order valence-corrected chi connectivity index (χ3v) is 5.81. The van der Waals surface area contributed by atoms with Gasteiger partial charge in [-0.1, -0.05) is 11.3 Å². The molecule has 2 aromatic rings. The molecule has 19 heavy (non-hydrogen) atoms. The Hall–Kier alpha value is -1.19. The third-order valence-electron chi connectivity index (χ3n) is 2.19. The highest BCUT2D eigenvalue weighted by Gasteiger charge is 2.22. The summed E-state index contributed by atoms with van der Waals surface area (Å²) >= 11 is 3.97. The van der Waals surface area contributed by atoms with Gasteiger partial charge in [0.05, 0.1) is 11.4 Å². The molecule has 5 nitrogen and oxygen atoms in total. The highest BCUT2D eigenvalue weighted by Crippen LogP contribution is 2.30. The number of sulfonamides is 1. The molecule has 9 heteroatoms. The molecule has 0 aliphatic carbocycles. The monoisotopic (exact) mass is 365 g/mol. The van der Waals surface area contributed by atoms with Gasteiger partial charge in [0.25, 0.3) is 10.0 Å². The van der Waals surface area contributed by atoms with Gasteiger partial charge in [0.2, 0.25) is 0 Å². The number of nitrogens with zero attached hydrogens (tertiary/aromatic N) is 1. The van der Waals surface area contributed by atoms with Crippen LogP contribution in [0.2, 0.25) is 0 Å². The maximum absolute atomic E-state index is 12.9. The molecule has 0 radical (unpaired) electrons. The Labute approximate surface area is 121 Å². The molecule has 0 atom stereocenters. The van der Waals surface area contributed by atoms with Crippen molar-refractivity contribution in [2.24, 2.45) is 0 Å². The minimum Gasteiger partial charge on any atom is -0.375 e. The quantitative estimate of drug-likeness (QED) is 0.875. The molecule has 1 aromatic carbocycles. The molecule has 0 unspecified atom stereocenters. The number of aryl methyl sites for hydroxylation is 1. The number of benzene rings is 1. The maximum atomic E-state index is 12.9. The lowest BCUT2D eigenvalue weighted by Crippen LogP contribution is -2.13. The summed E-state index contributed by atoms with van der Waals surface area (Å²) in [6.07, 6.45) is 0. The lowest BCUT2D eigenvalue weighted by atomic mass is 10.3. The van der Waals surface area contributed by atoms with Crippen LogP contribution in [0, 0.1) is 12.7 Å². The first-order valence-corrected chi connectivity index (χ1v) is 8.09. The lowest BCUT2D eigenvalue weighted by Gasteiger charge is -2.08. The fourth-order valence-electron chi connectivity index (χ4n) is 1.42. The molecule has 0 saturated heterocycles. The second-order valence-electron chi connectivity index (χ2n) is 3.65. The van der Waals surface area contributed by atoms with Crippen LogP contribution in [-0.4, -0.2) is 13.4 Å². The van der Waals surface area contributed by atoms with Gasteiger partial charge in [0, 0.05) is 4.47 Å². The van der Waals surface area contributed by atoms with Crippen molar-refractivity contribution in [3.05, 3.63) is 34.2 Å². The van der Waals surface area contributed by atoms with Crippen LogP contribution in [0.4, 0.5) is 15.2 Å². The molecule has 0 bridgehead atoms. The SMILES string of the molecule is Cc1nc(N)sc1S(=O)(=O)Nc1ccc(F)cc1Br. The molecule has 0 aliphatic heterocycles. The average Bonchev–Trinajstić information content (AvgIpc) is 2.63. The number of anilines is 2. The number of thiazole rings is 1. The molecule has 0 spiro atoms. The molecule has 3 N–H and O–H groups in total. The zero-order valence-electron chi connectivity index (χ0n) is 9.65. The lowest BCUT2D eigenvalue weighted by molar-refractivity contribution is 0.602. The van der Waals surface area contributed by atoms with E-state index in [-0.39, 0.29) is 15.0 Å². The number of rotatable bonds is 3. The zero-order chi connectivity index (χ0) is 14.2. The van der Waals surface area contributed by atoms with Crippen LogP contribution in [0.1, 0.15) is 5.69 Å². The molecule has 0 fully saturated rings. The van der Waals surface area contributed by atoms with E-state index in [1.54, 1.807) is 6.92 Å². The van der Waals surface area contributed by atoms with Crippen LogP contribution in [0.3, 0.4) is 0 Å². The number of hydrogen-bond acceptors (Lipinski definition) is 5. The van der Waals surface area contributed by atoms with Crippen LogP contribution in [0.15, 0.2) is 26.9 Å². The van der Waals surface area contributed by atoms with Gasteiger partial charge in [-0.2, -0.15) is 0 Å². The number of halogens is 2. The topological polar surface area (TPSA) is 85.1 Å². The standard InChI is InChI=1S/C10H9BrFN3O2S2/c1-5-9(18-10(13)14-5)19(16,17)15-8-3-2-6(12)4-7(8)11/h2-4,15H,1H3,(H2,13,14).